The predicted octanol–water partition coefficient (Wildman–Crippen LogP) is 5.42. The molecule has 1 N–H and O–H groups in total. The van der Waals surface area contributed by atoms with E-state index in [0.29, 0.717) is 19.2 Å². The number of carbonyl (C=O) groups excluding carboxylic acids is 1. The van der Waals surface area contributed by atoms with Gasteiger partial charge in [0.05, 0.1) is 26.7 Å². The van der Waals surface area contributed by atoms with E-state index in [-0.39, 0.29) is 27.4 Å². The molecule has 0 aliphatic carbocycles. The third-order valence-corrected chi connectivity index (χ3v) is 7.35. The molecule has 174 valence electrons. The number of hydrogen-bond acceptors (Lipinski definition) is 3. The van der Waals surface area contributed by atoms with Crippen molar-refractivity contribution < 1.29 is 30.8 Å². The summed E-state index contributed by atoms with van der Waals surface area (Å²) in [7, 11) is -4.00. The molecule has 11 heteroatoms. The fourth-order valence-electron chi connectivity index (χ4n) is 3.78. The smallest absolute Gasteiger partial charge is 0.321 e. The van der Waals surface area contributed by atoms with E-state index in [9.17, 15) is 30.8 Å². The summed E-state index contributed by atoms with van der Waals surface area (Å²) < 4.78 is 80.6. The van der Waals surface area contributed by atoms with E-state index in [1.165, 1.54) is 4.31 Å². The van der Waals surface area contributed by atoms with Crippen molar-refractivity contribution in [3.63, 3.8) is 0 Å². The standard InChI is InChI=1S/C21H21ClF4N2O3S/c1-12-7-13(2)11-28(10-12)32(30,31)15-4-6-18(23)16(9-15)20(29)27-19-8-14(21(24,25)26)3-5-17(19)22/h3-6,8-9,12-13H,7,10-11H2,1-2H3,(H,27,29). The highest BCUT2D eigenvalue weighted by molar-refractivity contribution is 7.89. The summed E-state index contributed by atoms with van der Waals surface area (Å²) in [6, 6.07) is 5.10. The average Bonchev–Trinajstić information content (AvgIpc) is 2.68. The lowest BCUT2D eigenvalue weighted by molar-refractivity contribution is -0.137. The van der Waals surface area contributed by atoms with Crippen LogP contribution in [0.4, 0.5) is 23.2 Å². The number of nitrogens with zero attached hydrogens (tertiary/aromatic N) is 1. The van der Waals surface area contributed by atoms with E-state index >= 15 is 0 Å². The van der Waals surface area contributed by atoms with E-state index < -0.39 is 39.1 Å². The number of carbonyl (C=O) groups is 1. The number of amides is 1. The first-order valence-electron chi connectivity index (χ1n) is 9.77. The zero-order valence-corrected chi connectivity index (χ0v) is 18.8. The van der Waals surface area contributed by atoms with Crippen LogP contribution in [0.3, 0.4) is 0 Å². The Morgan fingerprint density at radius 1 is 1.09 bits per heavy atom. The zero-order chi connectivity index (χ0) is 23.8. The molecule has 0 aromatic heterocycles. The Hall–Kier alpha value is -2.17. The number of sulfonamides is 1. The monoisotopic (exact) mass is 492 g/mol. The van der Waals surface area contributed by atoms with Crippen LogP contribution in [0.2, 0.25) is 5.02 Å². The van der Waals surface area contributed by atoms with Crippen molar-refractivity contribution in [3.8, 4) is 0 Å². The van der Waals surface area contributed by atoms with Crippen molar-refractivity contribution in [1.29, 1.82) is 0 Å². The molecular formula is C21H21ClF4N2O3S. The highest BCUT2D eigenvalue weighted by Gasteiger charge is 2.33. The van der Waals surface area contributed by atoms with Crippen molar-refractivity contribution in [2.75, 3.05) is 18.4 Å². The third-order valence-electron chi connectivity index (χ3n) is 5.20. The lowest BCUT2D eigenvalue weighted by atomic mass is 9.94. The minimum absolute atomic E-state index is 0.139. The molecule has 2 aromatic rings. The largest absolute Gasteiger partial charge is 0.416 e. The SMILES string of the molecule is CC1CC(C)CN(S(=O)(=O)c2ccc(F)c(C(=O)Nc3cc(C(F)(F)F)ccc3Cl)c2)C1. The topological polar surface area (TPSA) is 66.5 Å². The Balaban J connectivity index is 1.92. The normalized spacial score (nSPS) is 20.2. The molecule has 1 saturated heterocycles. The quantitative estimate of drug-likeness (QED) is 0.580. The molecule has 3 rings (SSSR count). The molecule has 0 spiro atoms. The molecule has 0 bridgehead atoms. The second-order valence-corrected chi connectivity index (χ2v) is 10.4. The summed E-state index contributed by atoms with van der Waals surface area (Å²) >= 11 is 5.87. The van der Waals surface area contributed by atoms with Gasteiger partial charge >= 0.3 is 6.18 Å². The predicted molar refractivity (Wildman–Crippen MR) is 113 cm³/mol. The van der Waals surface area contributed by atoms with Gasteiger partial charge in [-0.3, -0.25) is 4.79 Å². The van der Waals surface area contributed by atoms with Gasteiger partial charge in [0.15, 0.2) is 0 Å². The Morgan fingerprint density at radius 2 is 1.72 bits per heavy atom. The molecule has 1 aliphatic rings. The number of anilines is 1. The Kier molecular flexibility index (Phi) is 6.88. The van der Waals surface area contributed by atoms with Crippen molar-refractivity contribution in [2.45, 2.75) is 31.3 Å². The molecule has 1 heterocycles. The van der Waals surface area contributed by atoms with Gasteiger partial charge in [-0.25, -0.2) is 12.8 Å². The number of benzene rings is 2. The molecule has 2 aromatic carbocycles. The summed E-state index contributed by atoms with van der Waals surface area (Å²) in [5.74, 6) is -1.87. The van der Waals surface area contributed by atoms with Crippen LogP contribution in [0.15, 0.2) is 41.3 Å². The molecule has 1 aliphatic heterocycles. The van der Waals surface area contributed by atoms with Crippen LogP contribution in [0.25, 0.3) is 0 Å². The molecule has 32 heavy (non-hydrogen) atoms. The second-order valence-electron chi connectivity index (χ2n) is 8.06. The molecule has 1 fully saturated rings. The van der Waals surface area contributed by atoms with Crippen LogP contribution < -0.4 is 5.32 Å². The molecule has 2 atom stereocenters. The van der Waals surface area contributed by atoms with Crippen LogP contribution in [-0.4, -0.2) is 31.7 Å². The summed E-state index contributed by atoms with van der Waals surface area (Å²) in [6.45, 7) is 4.46. The van der Waals surface area contributed by atoms with Gasteiger partial charge < -0.3 is 5.32 Å². The number of halogens is 5. The van der Waals surface area contributed by atoms with Gasteiger partial charge in [-0.2, -0.15) is 17.5 Å². The molecule has 0 saturated carbocycles. The van der Waals surface area contributed by atoms with Crippen LogP contribution in [0.1, 0.15) is 36.2 Å². The lowest BCUT2D eigenvalue weighted by Crippen LogP contribution is -2.42. The second kappa shape index (κ2) is 8.99. The fourth-order valence-corrected chi connectivity index (χ4v) is 5.65. The summed E-state index contributed by atoms with van der Waals surface area (Å²) in [5, 5.41) is 1.94. The minimum Gasteiger partial charge on any atom is -0.321 e. The number of piperidine rings is 1. The van der Waals surface area contributed by atoms with E-state index in [1.807, 2.05) is 13.8 Å². The van der Waals surface area contributed by atoms with Gasteiger partial charge in [0.25, 0.3) is 5.91 Å². The Morgan fingerprint density at radius 3 is 2.31 bits per heavy atom. The fraction of sp³-hybridized carbons (Fsp3) is 0.381. The van der Waals surface area contributed by atoms with E-state index in [4.69, 9.17) is 11.6 Å². The summed E-state index contributed by atoms with van der Waals surface area (Å²) in [6.07, 6.45) is -3.80. The zero-order valence-electron chi connectivity index (χ0n) is 17.2. The highest BCUT2D eigenvalue weighted by Crippen LogP contribution is 2.34. The van der Waals surface area contributed by atoms with Crippen molar-refractivity contribution in [2.24, 2.45) is 11.8 Å². The Bertz CT molecular complexity index is 1130. The molecule has 1 amide bonds. The molecule has 0 radical (unpaired) electrons. The number of rotatable bonds is 4. The number of nitrogens with one attached hydrogen (secondary N) is 1. The first-order valence-corrected chi connectivity index (χ1v) is 11.6. The maximum Gasteiger partial charge on any atom is 0.416 e. The Labute approximate surface area is 188 Å². The van der Waals surface area contributed by atoms with Crippen LogP contribution in [0, 0.1) is 17.7 Å². The van der Waals surface area contributed by atoms with Gasteiger partial charge in [-0.05, 0) is 54.7 Å². The van der Waals surface area contributed by atoms with Gasteiger partial charge in [0.1, 0.15) is 5.82 Å². The molecule has 5 nitrogen and oxygen atoms in total. The van der Waals surface area contributed by atoms with E-state index in [1.54, 1.807) is 0 Å². The first-order chi connectivity index (χ1) is 14.8. The van der Waals surface area contributed by atoms with Crippen molar-refractivity contribution in [3.05, 3.63) is 58.4 Å². The average molecular weight is 493 g/mol. The number of alkyl halides is 3. The third kappa shape index (κ3) is 5.24. The minimum atomic E-state index is -4.67. The maximum atomic E-state index is 14.4. The van der Waals surface area contributed by atoms with Crippen LogP contribution in [0.5, 0.6) is 0 Å². The number of hydrogen-bond donors (Lipinski definition) is 1. The van der Waals surface area contributed by atoms with Gasteiger partial charge in [0, 0.05) is 13.1 Å². The highest BCUT2D eigenvalue weighted by atomic mass is 35.5. The van der Waals surface area contributed by atoms with Crippen LogP contribution in [-0.2, 0) is 16.2 Å². The van der Waals surface area contributed by atoms with Crippen LogP contribution >= 0.6 is 11.6 Å². The maximum absolute atomic E-state index is 14.4. The van der Waals surface area contributed by atoms with Crippen molar-refractivity contribution >= 4 is 33.2 Å². The summed E-state index contributed by atoms with van der Waals surface area (Å²) in [5.41, 5.74) is -2.06. The summed E-state index contributed by atoms with van der Waals surface area (Å²) in [4.78, 5) is 12.3. The van der Waals surface area contributed by atoms with Gasteiger partial charge in [0.2, 0.25) is 10.0 Å². The van der Waals surface area contributed by atoms with E-state index in [0.717, 1.165) is 36.8 Å². The lowest BCUT2D eigenvalue weighted by Gasteiger charge is -2.34. The van der Waals surface area contributed by atoms with Gasteiger partial charge in [-0.1, -0.05) is 25.4 Å². The van der Waals surface area contributed by atoms with E-state index in [2.05, 4.69) is 5.32 Å². The van der Waals surface area contributed by atoms with Gasteiger partial charge in [-0.15, -0.1) is 0 Å². The molecule has 2 unspecified atom stereocenters. The molecular weight excluding hydrogens is 472 g/mol. The van der Waals surface area contributed by atoms with Crippen molar-refractivity contribution in [1.82, 2.24) is 4.31 Å². The first kappa shape index (κ1) is 24.5.